The lowest BCUT2D eigenvalue weighted by Crippen LogP contribution is -2.45. The van der Waals surface area contributed by atoms with Gasteiger partial charge in [0.2, 0.25) is 5.91 Å². The summed E-state index contributed by atoms with van der Waals surface area (Å²) >= 11 is 0. The van der Waals surface area contributed by atoms with Crippen molar-refractivity contribution in [3.8, 4) is 0 Å². The van der Waals surface area contributed by atoms with Crippen molar-refractivity contribution in [2.45, 2.75) is 51.3 Å². The number of ether oxygens (including phenoxy) is 1. The van der Waals surface area contributed by atoms with Crippen molar-refractivity contribution in [1.82, 2.24) is 4.90 Å². The Morgan fingerprint density at radius 3 is 2.47 bits per heavy atom. The SMILES string of the molecule is CC(C)(C)OC(=O)C[C@@H](C(=O)O)N1CC(N)CC1=O. The largest absolute Gasteiger partial charge is 0.480 e. The van der Waals surface area contributed by atoms with Crippen molar-refractivity contribution in [2.75, 3.05) is 6.54 Å². The van der Waals surface area contributed by atoms with Crippen molar-refractivity contribution < 1.29 is 24.2 Å². The zero-order chi connectivity index (χ0) is 14.8. The summed E-state index contributed by atoms with van der Waals surface area (Å²) in [5.41, 5.74) is 4.93. The summed E-state index contributed by atoms with van der Waals surface area (Å²) in [6, 6.07) is -1.59. The van der Waals surface area contributed by atoms with Gasteiger partial charge in [0.15, 0.2) is 0 Å². The Kier molecular flexibility index (Phi) is 4.52. The first-order valence-electron chi connectivity index (χ1n) is 6.10. The molecule has 1 fully saturated rings. The molecule has 7 heteroatoms. The minimum absolute atomic E-state index is 0.109. The van der Waals surface area contributed by atoms with Gasteiger partial charge in [-0.15, -0.1) is 0 Å². The number of hydrogen-bond acceptors (Lipinski definition) is 5. The smallest absolute Gasteiger partial charge is 0.327 e. The number of carbonyl (C=O) groups excluding carboxylic acids is 2. The van der Waals surface area contributed by atoms with Gasteiger partial charge in [0, 0.05) is 19.0 Å². The molecule has 0 bridgehead atoms. The van der Waals surface area contributed by atoms with Gasteiger partial charge in [-0.1, -0.05) is 0 Å². The normalized spacial score (nSPS) is 21.4. The maximum atomic E-state index is 11.7. The Bertz CT molecular complexity index is 388. The Hall–Kier alpha value is -1.63. The fourth-order valence-electron chi connectivity index (χ4n) is 1.93. The molecule has 0 aliphatic carbocycles. The molecule has 1 rings (SSSR count). The monoisotopic (exact) mass is 272 g/mol. The molecule has 3 N–H and O–H groups in total. The standard InChI is InChI=1S/C12H20N2O5/c1-12(2,3)19-10(16)5-8(11(17)18)14-6-7(13)4-9(14)15/h7-8H,4-6,13H2,1-3H3,(H,17,18)/t7?,8-/m0/s1. The van der Waals surface area contributed by atoms with Crippen LogP contribution in [0.2, 0.25) is 0 Å². The van der Waals surface area contributed by atoms with Crippen molar-refractivity contribution in [3.63, 3.8) is 0 Å². The van der Waals surface area contributed by atoms with Gasteiger partial charge < -0.3 is 20.5 Å². The molecule has 2 atom stereocenters. The van der Waals surface area contributed by atoms with Gasteiger partial charge in [0.1, 0.15) is 11.6 Å². The quantitative estimate of drug-likeness (QED) is 0.682. The van der Waals surface area contributed by atoms with E-state index in [4.69, 9.17) is 15.6 Å². The third kappa shape index (κ3) is 4.51. The molecule has 108 valence electrons. The zero-order valence-electron chi connectivity index (χ0n) is 11.4. The third-order valence-electron chi connectivity index (χ3n) is 2.63. The molecular formula is C12H20N2O5. The lowest BCUT2D eigenvalue weighted by atomic mass is 10.1. The first-order chi connectivity index (χ1) is 8.60. The summed E-state index contributed by atoms with van der Waals surface area (Å²) in [6.07, 6.45) is -0.261. The van der Waals surface area contributed by atoms with E-state index < -0.39 is 23.6 Å². The number of hydrogen-bond donors (Lipinski definition) is 2. The molecule has 1 unspecified atom stereocenters. The van der Waals surface area contributed by atoms with E-state index >= 15 is 0 Å². The number of nitrogens with zero attached hydrogens (tertiary/aromatic N) is 1. The molecule has 7 nitrogen and oxygen atoms in total. The summed E-state index contributed by atoms with van der Waals surface area (Å²) in [7, 11) is 0. The molecule has 0 radical (unpaired) electrons. The van der Waals surface area contributed by atoms with Gasteiger partial charge in [-0.25, -0.2) is 4.79 Å². The lowest BCUT2D eigenvalue weighted by molar-refractivity contribution is -0.161. The van der Waals surface area contributed by atoms with Crippen LogP contribution < -0.4 is 5.73 Å². The van der Waals surface area contributed by atoms with Crippen LogP contribution in [0.1, 0.15) is 33.6 Å². The van der Waals surface area contributed by atoms with E-state index in [-0.39, 0.29) is 31.3 Å². The first-order valence-corrected chi connectivity index (χ1v) is 6.10. The molecule has 1 amide bonds. The lowest BCUT2D eigenvalue weighted by Gasteiger charge is -2.26. The number of rotatable bonds is 4. The van der Waals surface area contributed by atoms with Crippen molar-refractivity contribution in [1.29, 1.82) is 0 Å². The minimum atomic E-state index is -1.23. The highest BCUT2D eigenvalue weighted by molar-refractivity contribution is 5.88. The first kappa shape index (κ1) is 15.4. The van der Waals surface area contributed by atoms with E-state index in [0.29, 0.717) is 0 Å². The molecule has 0 spiro atoms. The number of carbonyl (C=O) groups is 3. The maximum Gasteiger partial charge on any atom is 0.327 e. The predicted octanol–water partition coefficient (Wildman–Crippen LogP) is -0.269. The molecule has 0 saturated carbocycles. The fraction of sp³-hybridized carbons (Fsp3) is 0.750. The molecule has 0 aromatic carbocycles. The highest BCUT2D eigenvalue weighted by Gasteiger charge is 2.38. The van der Waals surface area contributed by atoms with Gasteiger partial charge >= 0.3 is 11.9 Å². The molecule has 19 heavy (non-hydrogen) atoms. The second-order valence-corrected chi connectivity index (χ2v) is 5.65. The molecule has 1 aliphatic rings. The second kappa shape index (κ2) is 5.56. The van der Waals surface area contributed by atoms with Crippen LogP contribution in [0.3, 0.4) is 0 Å². The van der Waals surface area contributed by atoms with Crippen molar-refractivity contribution in [2.24, 2.45) is 5.73 Å². The van der Waals surface area contributed by atoms with E-state index in [1.807, 2.05) is 0 Å². The van der Waals surface area contributed by atoms with Crippen LogP contribution in [0.4, 0.5) is 0 Å². The van der Waals surface area contributed by atoms with Gasteiger partial charge in [0.25, 0.3) is 0 Å². The van der Waals surface area contributed by atoms with Crippen molar-refractivity contribution >= 4 is 17.8 Å². The maximum absolute atomic E-state index is 11.7. The molecule has 1 heterocycles. The Morgan fingerprint density at radius 1 is 1.53 bits per heavy atom. The topological polar surface area (TPSA) is 110 Å². The third-order valence-corrected chi connectivity index (χ3v) is 2.63. The summed E-state index contributed by atoms with van der Waals surface area (Å²) in [6.45, 7) is 5.23. The number of esters is 1. The number of aliphatic carboxylic acids is 1. The summed E-state index contributed by atoms with van der Waals surface area (Å²) in [5, 5.41) is 9.14. The molecule has 1 aliphatic heterocycles. The highest BCUT2D eigenvalue weighted by Crippen LogP contribution is 2.18. The van der Waals surface area contributed by atoms with E-state index in [2.05, 4.69) is 0 Å². The van der Waals surface area contributed by atoms with Crippen LogP contribution in [-0.4, -0.2) is 52.1 Å². The average molecular weight is 272 g/mol. The molecule has 0 aromatic heterocycles. The van der Waals surface area contributed by atoms with E-state index in [9.17, 15) is 14.4 Å². The number of likely N-dealkylation sites (tertiary alicyclic amines) is 1. The Balaban J connectivity index is 2.72. The van der Waals surface area contributed by atoms with Crippen LogP contribution in [0.5, 0.6) is 0 Å². The number of nitrogens with two attached hydrogens (primary N) is 1. The van der Waals surface area contributed by atoms with E-state index in [0.717, 1.165) is 4.90 Å². The van der Waals surface area contributed by atoms with Crippen molar-refractivity contribution in [3.05, 3.63) is 0 Å². The molecular weight excluding hydrogens is 252 g/mol. The summed E-state index contributed by atoms with van der Waals surface area (Å²) < 4.78 is 5.07. The highest BCUT2D eigenvalue weighted by atomic mass is 16.6. The Labute approximate surface area is 111 Å². The predicted molar refractivity (Wildman–Crippen MR) is 66.2 cm³/mol. The van der Waals surface area contributed by atoms with Crippen LogP contribution in [-0.2, 0) is 19.1 Å². The van der Waals surface area contributed by atoms with Gasteiger partial charge in [0.05, 0.1) is 6.42 Å². The number of amides is 1. The summed E-state index contributed by atoms with van der Waals surface area (Å²) in [5.74, 6) is -2.22. The van der Waals surface area contributed by atoms with Crippen LogP contribution >= 0.6 is 0 Å². The minimum Gasteiger partial charge on any atom is -0.480 e. The fourth-order valence-corrected chi connectivity index (χ4v) is 1.93. The number of carboxylic acids is 1. The zero-order valence-corrected chi connectivity index (χ0v) is 11.4. The van der Waals surface area contributed by atoms with Crippen LogP contribution in [0.25, 0.3) is 0 Å². The summed E-state index contributed by atoms with van der Waals surface area (Å²) in [4.78, 5) is 35.6. The Morgan fingerprint density at radius 2 is 2.11 bits per heavy atom. The van der Waals surface area contributed by atoms with Gasteiger partial charge in [-0.3, -0.25) is 9.59 Å². The van der Waals surface area contributed by atoms with E-state index in [1.165, 1.54) is 0 Å². The number of carboxylic acid groups (broad SMARTS) is 1. The average Bonchev–Trinajstić information content (AvgIpc) is 2.51. The van der Waals surface area contributed by atoms with Gasteiger partial charge in [-0.05, 0) is 20.8 Å². The van der Waals surface area contributed by atoms with Crippen LogP contribution in [0, 0.1) is 0 Å². The molecule has 1 saturated heterocycles. The van der Waals surface area contributed by atoms with Crippen LogP contribution in [0.15, 0.2) is 0 Å². The second-order valence-electron chi connectivity index (χ2n) is 5.65. The molecule has 0 aromatic rings. The van der Waals surface area contributed by atoms with E-state index in [1.54, 1.807) is 20.8 Å². The van der Waals surface area contributed by atoms with Gasteiger partial charge in [-0.2, -0.15) is 0 Å².